The van der Waals surface area contributed by atoms with Crippen LogP contribution in [-0.4, -0.2) is 40.2 Å². The molecule has 1 aromatic rings. The Morgan fingerprint density at radius 3 is 2.38 bits per heavy atom. The molecule has 4 nitrogen and oxygen atoms in total. The Morgan fingerprint density at radius 2 is 1.86 bits per heavy atom. The minimum Gasteiger partial charge on any atom is -0.481 e. The molecule has 0 aromatic heterocycles. The number of carbonyl (C=O) groups is 2. The molecule has 0 bridgehead atoms. The van der Waals surface area contributed by atoms with Crippen LogP contribution in [0.15, 0.2) is 29.2 Å². The Bertz CT molecular complexity index is 512. The number of nitrogens with zero attached hydrogens (tertiary/aromatic N) is 1. The van der Waals surface area contributed by atoms with Gasteiger partial charge in [-0.25, -0.2) is 0 Å². The average Bonchev–Trinajstić information content (AvgIpc) is 2.49. The van der Waals surface area contributed by atoms with Gasteiger partial charge < -0.3 is 10.0 Å². The number of thioether (sulfide) groups is 1. The van der Waals surface area contributed by atoms with Crippen LogP contribution in [0.3, 0.4) is 0 Å². The van der Waals surface area contributed by atoms with E-state index in [2.05, 4.69) is 0 Å². The summed E-state index contributed by atoms with van der Waals surface area (Å²) in [6.45, 7) is 2.94. The second-order valence-electron chi connectivity index (χ2n) is 5.15. The number of hydrogen-bond donors (Lipinski definition) is 1. The molecule has 1 heterocycles. The highest BCUT2D eigenvalue weighted by molar-refractivity contribution is 8.00. The highest BCUT2D eigenvalue weighted by Gasteiger charge is 2.29. The quantitative estimate of drug-likeness (QED) is 0.863. The van der Waals surface area contributed by atoms with Crippen molar-refractivity contribution in [3.63, 3.8) is 0 Å². The fraction of sp³-hybridized carbons (Fsp3) is 0.467. The van der Waals surface area contributed by atoms with Crippen LogP contribution in [0.4, 0.5) is 0 Å². The van der Waals surface area contributed by atoms with Gasteiger partial charge in [0.25, 0.3) is 0 Å². The van der Waals surface area contributed by atoms with E-state index in [0.29, 0.717) is 31.0 Å². The topological polar surface area (TPSA) is 57.6 Å². The largest absolute Gasteiger partial charge is 0.481 e. The van der Waals surface area contributed by atoms with Crippen molar-refractivity contribution in [2.75, 3.05) is 13.1 Å². The third-order valence-corrected chi connectivity index (χ3v) is 4.98. The molecule has 1 saturated heterocycles. The average molecular weight is 328 g/mol. The number of halogens is 1. The lowest BCUT2D eigenvalue weighted by molar-refractivity contribution is -0.145. The molecule has 0 aliphatic carbocycles. The van der Waals surface area contributed by atoms with Crippen molar-refractivity contribution in [1.29, 1.82) is 0 Å². The van der Waals surface area contributed by atoms with E-state index in [4.69, 9.17) is 16.7 Å². The van der Waals surface area contributed by atoms with Crippen LogP contribution in [0, 0.1) is 5.92 Å². The van der Waals surface area contributed by atoms with E-state index in [0.717, 1.165) is 4.90 Å². The fourth-order valence-corrected chi connectivity index (χ4v) is 3.45. The lowest BCUT2D eigenvalue weighted by Crippen LogP contribution is -2.43. The Labute approximate surface area is 133 Å². The molecule has 6 heteroatoms. The van der Waals surface area contributed by atoms with Gasteiger partial charge in [-0.15, -0.1) is 11.8 Å². The van der Waals surface area contributed by atoms with Gasteiger partial charge in [-0.3, -0.25) is 9.59 Å². The van der Waals surface area contributed by atoms with Crippen LogP contribution in [0.2, 0.25) is 5.02 Å². The number of amides is 1. The molecule has 0 radical (unpaired) electrons. The van der Waals surface area contributed by atoms with E-state index in [1.807, 2.05) is 19.1 Å². The number of carboxylic acid groups (broad SMARTS) is 1. The van der Waals surface area contributed by atoms with Gasteiger partial charge in [0.15, 0.2) is 0 Å². The molecule has 0 spiro atoms. The van der Waals surface area contributed by atoms with Gasteiger partial charge >= 0.3 is 5.97 Å². The van der Waals surface area contributed by atoms with Crippen LogP contribution < -0.4 is 0 Å². The maximum atomic E-state index is 12.4. The van der Waals surface area contributed by atoms with Crippen LogP contribution in [0.25, 0.3) is 0 Å². The molecule has 114 valence electrons. The van der Waals surface area contributed by atoms with Gasteiger partial charge in [0, 0.05) is 23.0 Å². The Balaban J connectivity index is 1.88. The number of benzene rings is 1. The molecule has 1 unspecified atom stereocenters. The summed E-state index contributed by atoms with van der Waals surface area (Å²) in [6, 6.07) is 7.40. The lowest BCUT2D eigenvalue weighted by atomic mass is 9.97. The van der Waals surface area contributed by atoms with E-state index in [-0.39, 0.29) is 17.1 Å². The summed E-state index contributed by atoms with van der Waals surface area (Å²) in [7, 11) is 0. The van der Waals surface area contributed by atoms with Crippen molar-refractivity contribution in [3.05, 3.63) is 29.3 Å². The minimum absolute atomic E-state index is 0.0683. The zero-order valence-electron chi connectivity index (χ0n) is 11.8. The first-order valence-corrected chi connectivity index (χ1v) is 8.17. The second kappa shape index (κ2) is 7.18. The van der Waals surface area contributed by atoms with Gasteiger partial charge in [-0.05, 0) is 44.0 Å². The zero-order chi connectivity index (χ0) is 15.4. The van der Waals surface area contributed by atoms with Crippen LogP contribution in [0.1, 0.15) is 19.8 Å². The number of carbonyl (C=O) groups excluding carboxylic acids is 1. The van der Waals surface area contributed by atoms with Crippen molar-refractivity contribution < 1.29 is 14.7 Å². The normalized spacial score (nSPS) is 17.5. The standard InChI is InChI=1S/C15H18ClNO3S/c1-10(21-13-4-2-12(16)3-5-13)14(18)17-8-6-11(7-9-17)15(19)20/h2-5,10-11H,6-9H2,1H3,(H,19,20). The van der Waals surface area contributed by atoms with E-state index in [9.17, 15) is 9.59 Å². The third-order valence-electron chi connectivity index (χ3n) is 3.63. The number of carboxylic acids is 1. The first kappa shape index (κ1) is 16.2. The van der Waals surface area contributed by atoms with E-state index >= 15 is 0 Å². The maximum absolute atomic E-state index is 12.4. The molecule has 1 aliphatic heterocycles. The predicted molar refractivity (Wildman–Crippen MR) is 83.7 cm³/mol. The first-order valence-electron chi connectivity index (χ1n) is 6.91. The van der Waals surface area contributed by atoms with Crippen LogP contribution in [0.5, 0.6) is 0 Å². The van der Waals surface area contributed by atoms with E-state index in [1.54, 1.807) is 17.0 Å². The van der Waals surface area contributed by atoms with Crippen LogP contribution in [-0.2, 0) is 9.59 Å². The number of piperidine rings is 1. The second-order valence-corrected chi connectivity index (χ2v) is 7.00. The van der Waals surface area contributed by atoms with Crippen molar-refractivity contribution in [3.8, 4) is 0 Å². The van der Waals surface area contributed by atoms with E-state index in [1.165, 1.54) is 11.8 Å². The maximum Gasteiger partial charge on any atom is 0.306 e. The SMILES string of the molecule is CC(Sc1ccc(Cl)cc1)C(=O)N1CCC(C(=O)O)CC1. The summed E-state index contributed by atoms with van der Waals surface area (Å²) < 4.78 is 0. The summed E-state index contributed by atoms with van der Waals surface area (Å²) in [4.78, 5) is 26.1. The summed E-state index contributed by atoms with van der Waals surface area (Å²) in [6.07, 6.45) is 1.08. The Hall–Kier alpha value is -1.20. The molecular formula is C15H18ClNO3S. The first-order chi connectivity index (χ1) is 9.97. The lowest BCUT2D eigenvalue weighted by Gasteiger charge is -2.31. The Morgan fingerprint density at radius 1 is 1.29 bits per heavy atom. The third kappa shape index (κ3) is 4.38. The smallest absolute Gasteiger partial charge is 0.306 e. The zero-order valence-corrected chi connectivity index (χ0v) is 13.4. The highest BCUT2D eigenvalue weighted by Crippen LogP contribution is 2.27. The summed E-state index contributed by atoms with van der Waals surface area (Å²) in [5, 5.41) is 9.46. The summed E-state index contributed by atoms with van der Waals surface area (Å²) >= 11 is 7.33. The van der Waals surface area contributed by atoms with Crippen molar-refractivity contribution >= 4 is 35.2 Å². The molecule has 1 aromatic carbocycles. The molecule has 0 saturated carbocycles. The van der Waals surface area contributed by atoms with Gasteiger partial charge in [0.2, 0.25) is 5.91 Å². The van der Waals surface area contributed by atoms with Gasteiger partial charge in [-0.1, -0.05) is 11.6 Å². The molecule has 2 rings (SSSR count). The number of likely N-dealkylation sites (tertiary alicyclic amines) is 1. The van der Waals surface area contributed by atoms with Gasteiger partial charge in [0.1, 0.15) is 0 Å². The highest BCUT2D eigenvalue weighted by atomic mass is 35.5. The minimum atomic E-state index is -0.759. The monoisotopic (exact) mass is 327 g/mol. The van der Waals surface area contributed by atoms with Gasteiger partial charge in [-0.2, -0.15) is 0 Å². The van der Waals surface area contributed by atoms with Gasteiger partial charge in [0.05, 0.1) is 11.2 Å². The van der Waals surface area contributed by atoms with Crippen LogP contribution >= 0.6 is 23.4 Å². The summed E-state index contributed by atoms with van der Waals surface area (Å²) in [5.74, 6) is -1.00. The molecule has 1 fully saturated rings. The molecule has 1 atom stereocenters. The molecular weight excluding hydrogens is 310 g/mol. The Kier molecular flexibility index (Phi) is 5.53. The summed E-state index contributed by atoms with van der Waals surface area (Å²) in [5.41, 5.74) is 0. The molecule has 1 N–H and O–H groups in total. The molecule has 1 amide bonds. The number of rotatable bonds is 4. The van der Waals surface area contributed by atoms with Crippen molar-refractivity contribution in [2.24, 2.45) is 5.92 Å². The molecule has 1 aliphatic rings. The van der Waals surface area contributed by atoms with E-state index < -0.39 is 5.97 Å². The molecule has 21 heavy (non-hydrogen) atoms. The number of aliphatic carboxylic acids is 1. The fourth-order valence-electron chi connectivity index (χ4n) is 2.37. The van der Waals surface area contributed by atoms with Crippen molar-refractivity contribution in [2.45, 2.75) is 29.9 Å². The van der Waals surface area contributed by atoms with Crippen molar-refractivity contribution in [1.82, 2.24) is 4.90 Å². The predicted octanol–water partition coefficient (Wildman–Crippen LogP) is 3.14. The number of hydrogen-bond acceptors (Lipinski definition) is 3.